The predicted molar refractivity (Wildman–Crippen MR) is 93.3 cm³/mol. The van der Waals surface area contributed by atoms with Gasteiger partial charge in [-0.15, -0.1) is 16.4 Å². The molecule has 5 nitrogen and oxygen atoms in total. The molecule has 24 heavy (non-hydrogen) atoms. The van der Waals surface area contributed by atoms with Gasteiger partial charge in [0.2, 0.25) is 11.1 Å². The standard InChI is InChI=1S/C16H15FN4OS2/c1-21(9-11-5-4-8-23-11)14(22)10-24-16-18-15(19-20-16)12-6-2-3-7-13(12)17/h2-8H,9-10H2,1H3,(H,18,19,20). The van der Waals surface area contributed by atoms with Crippen LogP contribution in [-0.2, 0) is 11.3 Å². The fraction of sp³-hybridized carbons (Fsp3) is 0.188. The maximum Gasteiger partial charge on any atom is 0.233 e. The van der Waals surface area contributed by atoms with Crippen LogP contribution in [-0.4, -0.2) is 38.8 Å². The quantitative estimate of drug-likeness (QED) is 0.683. The van der Waals surface area contributed by atoms with Crippen LogP contribution in [0.5, 0.6) is 0 Å². The van der Waals surface area contributed by atoms with E-state index in [2.05, 4.69) is 15.2 Å². The number of carbonyl (C=O) groups is 1. The molecular formula is C16H15FN4OS2. The Labute approximate surface area is 146 Å². The molecule has 1 N–H and O–H groups in total. The highest BCUT2D eigenvalue weighted by atomic mass is 32.2. The second kappa shape index (κ2) is 7.59. The molecule has 0 fully saturated rings. The van der Waals surface area contributed by atoms with Crippen molar-refractivity contribution in [2.75, 3.05) is 12.8 Å². The molecule has 0 aliphatic rings. The van der Waals surface area contributed by atoms with Gasteiger partial charge in [0, 0.05) is 11.9 Å². The predicted octanol–water partition coefficient (Wildman–Crippen LogP) is 3.42. The fourth-order valence-electron chi connectivity index (χ4n) is 2.05. The molecule has 0 unspecified atom stereocenters. The Morgan fingerprint density at radius 1 is 1.33 bits per heavy atom. The number of nitrogens with zero attached hydrogens (tertiary/aromatic N) is 3. The minimum absolute atomic E-state index is 0.00867. The van der Waals surface area contributed by atoms with Gasteiger partial charge in [0.1, 0.15) is 5.82 Å². The Balaban J connectivity index is 1.57. The van der Waals surface area contributed by atoms with Crippen LogP contribution in [0.3, 0.4) is 0 Å². The number of H-pyrrole nitrogens is 1. The summed E-state index contributed by atoms with van der Waals surface area (Å²) < 4.78 is 13.7. The summed E-state index contributed by atoms with van der Waals surface area (Å²) in [7, 11) is 1.77. The third-order valence-electron chi connectivity index (χ3n) is 3.32. The maximum atomic E-state index is 13.7. The molecule has 0 spiro atoms. The molecule has 3 aromatic rings. The normalized spacial score (nSPS) is 10.8. The van der Waals surface area contributed by atoms with Gasteiger partial charge in [-0.25, -0.2) is 9.37 Å². The summed E-state index contributed by atoms with van der Waals surface area (Å²) in [5.74, 6) is 0.216. The van der Waals surface area contributed by atoms with Crippen LogP contribution in [0.2, 0.25) is 0 Å². The zero-order chi connectivity index (χ0) is 16.9. The van der Waals surface area contributed by atoms with Crippen molar-refractivity contribution >= 4 is 29.0 Å². The lowest BCUT2D eigenvalue weighted by Gasteiger charge is -2.15. The molecule has 8 heteroatoms. The lowest BCUT2D eigenvalue weighted by atomic mass is 10.2. The number of amides is 1. The maximum absolute atomic E-state index is 13.7. The number of hydrogen-bond acceptors (Lipinski definition) is 5. The third-order valence-corrected chi connectivity index (χ3v) is 5.01. The number of halogens is 1. The Morgan fingerprint density at radius 3 is 2.92 bits per heavy atom. The first kappa shape index (κ1) is 16.7. The van der Waals surface area contributed by atoms with Gasteiger partial charge in [0.15, 0.2) is 5.82 Å². The first-order valence-electron chi connectivity index (χ1n) is 7.20. The van der Waals surface area contributed by atoms with E-state index in [-0.39, 0.29) is 17.5 Å². The van der Waals surface area contributed by atoms with Gasteiger partial charge in [0.05, 0.1) is 17.9 Å². The Kier molecular flexibility index (Phi) is 5.27. The third kappa shape index (κ3) is 4.01. The van der Waals surface area contributed by atoms with Crippen molar-refractivity contribution < 1.29 is 9.18 Å². The molecule has 2 aromatic heterocycles. The molecule has 0 radical (unpaired) electrons. The average molecular weight is 362 g/mol. The van der Waals surface area contributed by atoms with E-state index >= 15 is 0 Å². The zero-order valence-electron chi connectivity index (χ0n) is 12.9. The minimum atomic E-state index is -0.364. The number of thiophene rings is 1. The zero-order valence-corrected chi connectivity index (χ0v) is 14.5. The van der Waals surface area contributed by atoms with E-state index in [0.717, 1.165) is 4.88 Å². The van der Waals surface area contributed by atoms with Crippen LogP contribution in [0.1, 0.15) is 4.88 Å². The molecule has 0 aliphatic carbocycles. The highest BCUT2D eigenvalue weighted by molar-refractivity contribution is 7.99. The first-order chi connectivity index (χ1) is 11.6. The number of aromatic amines is 1. The second-order valence-electron chi connectivity index (χ2n) is 5.06. The summed E-state index contributed by atoms with van der Waals surface area (Å²) in [4.78, 5) is 19.2. The molecule has 3 rings (SSSR count). The van der Waals surface area contributed by atoms with Crippen LogP contribution >= 0.6 is 23.1 Å². The van der Waals surface area contributed by atoms with Crippen molar-refractivity contribution in [3.8, 4) is 11.4 Å². The molecule has 0 bridgehead atoms. The second-order valence-corrected chi connectivity index (χ2v) is 7.04. The lowest BCUT2D eigenvalue weighted by molar-refractivity contribution is -0.127. The van der Waals surface area contributed by atoms with Gasteiger partial charge in [-0.3, -0.25) is 9.89 Å². The summed E-state index contributed by atoms with van der Waals surface area (Å²) in [5.41, 5.74) is 0.359. The van der Waals surface area contributed by atoms with Crippen LogP contribution in [0.4, 0.5) is 4.39 Å². The topological polar surface area (TPSA) is 61.9 Å². The molecule has 1 amide bonds. The first-order valence-corrected chi connectivity index (χ1v) is 9.06. The number of aromatic nitrogens is 3. The van der Waals surface area contributed by atoms with E-state index in [1.807, 2.05) is 17.5 Å². The van der Waals surface area contributed by atoms with Gasteiger partial charge >= 0.3 is 0 Å². The Hall–Kier alpha value is -2.19. The number of hydrogen-bond donors (Lipinski definition) is 1. The van der Waals surface area contributed by atoms with Crippen LogP contribution in [0, 0.1) is 5.82 Å². The summed E-state index contributed by atoms with van der Waals surface area (Å²) in [6, 6.07) is 10.3. The smallest absolute Gasteiger partial charge is 0.233 e. The minimum Gasteiger partial charge on any atom is -0.340 e. The molecule has 124 valence electrons. The summed E-state index contributed by atoms with van der Waals surface area (Å²) in [6.45, 7) is 0.589. The largest absolute Gasteiger partial charge is 0.340 e. The van der Waals surface area contributed by atoms with Gasteiger partial charge in [-0.2, -0.15) is 0 Å². The Morgan fingerprint density at radius 2 is 2.17 bits per heavy atom. The summed E-state index contributed by atoms with van der Waals surface area (Å²) in [6.07, 6.45) is 0. The monoisotopic (exact) mass is 362 g/mol. The number of benzene rings is 1. The van der Waals surface area contributed by atoms with E-state index in [0.29, 0.717) is 23.1 Å². The highest BCUT2D eigenvalue weighted by Gasteiger charge is 2.14. The SMILES string of the molecule is CN(Cc1cccs1)C(=O)CSc1n[nH]c(-c2ccccc2F)n1. The van der Waals surface area contributed by atoms with E-state index < -0.39 is 0 Å². The number of rotatable bonds is 6. The van der Waals surface area contributed by atoms with Gasteiger partial charge in [0.25, 0.3) is 0 Å². The van der Waals surface area contributed by atoms with Crippen molar-refractivity contribution in [3.63, 3.8) is 0 Å². The van der Waals surface area contributed by atoms with Crippen molar-refractivity contribution in [1.29, 1.82) is 0 Å². The molecule has 1 aromatic carbocycles. The molecule has 2 heterocycles. The summed E-state index contributed by atoms with van der Waals surface area (Å²) >= 11 is 2.85. The van der Waals surface area contributed by atoms with Gasteiger partial charge in [-0.05, 0) is 23.6 Å². The van der Waals surface area contributed by atoms with Crippen molar-refractivity contribution in [2.45, 2.75) is 11.7 Å². The van der Waals surface area contributed by atoms with Crippen LogP contribution in [0.25, 0.3) is 11.4 Å². The average Bonchev–Trinajstić information content (AvgIpc) is 3.24. The molecule has 0 saturated heterocycles. The van der Waals surface area contributed by atoms with Crippen molar-refractivity contribution in [2.24, 2.45) is 0 Å². The number of carbonyl (C=O) groups excluding carboxylic acids is 1. The lowest BCUT2D eigenvalue weighted by Crippen LogP contribution is -2.27. The Bertz CT molecular complexity index is 819. The molecule has 0 atom stereocenters. The van der Waals surface area contributed by atoms with E-state index in [1.165, 1.54) is 17.8 Å². The van der Waals surface area contributed by atoms with E-state index in [1.54, 1.807) is 41.5 Å². The van der Waals surface area contributed by atoms with Gasteiger partial charge < -0.3 is 4.90 Å². The highest BCUT2D eigenvalue weighted by Crippen LogP contribution is 2.22. The van der Waals surface area contributed by atoms with Gasteiger partial charge in [-0.1, -0.05) is 30.0 Å². The molecule has 0 aliphatic heterocycles. The van der Waals surface area contributed by atoms with E-state index in [4.69, 9.17) is 0 Å². The van der Waals surface area contributed by atoms with Crippen molar-refractivity contribution in [1.82, 2.24) is 20.1 Å². The molecule has 0 saturated carbocycles. The van der Waals surface area contributed by atoms with Crippen LogP contribution in [0.15, 0.2) is 46.9 Å². The number of thioether (sulfide) groups is 1. The van der Waals surface area contributed by atoms with E-state index in [9.17, 15) is 9.18 Å². The van der Waals surface area contributed by atoms with Crippen LogP contribution < -0.4 is 0 Å². The summed E-state index contributed by atoms with van der Waals surface area (Å²) in [5, 5.41) is 9.15. The number of nitrogens with one attached hydrogen (secondary N) is 1. The van der Waals surface area contributed by atoms with Crippen molar-refractivity contribution in [3.05, 3.63) is 52.5 Å². The molecular weight excluding hydrogens is 347 g/mol. The fourth-order valence-corrected chi connectivity index (χ4v) is 3.54.